The summed E-state index contributed by atoms with van der Waals surface area (Å²) >= 11 is 0. The maximum Gasteiger partial charge on any atom is 0.104 e. The standard InChI is InChI=1S/C18H35NO/c1-16-14-19(15-17(2)20-16)18-12-10-8-6-4-3-5-7-9-11-13-18/h16-18H,3-15H2,1-2H3/p+1. The molecule has 2 nitrogen and oxygen atoms in total. The zero-order valence-corrected chi connectivity index (χ0v) is 13.8. The highest BCUT2D eigenvalue weighted by molar-refractivity contribution is 4.65. The molecule has 0 aromatic heterocycles. The molecule has 0 aromatic carbocycles. The molecular formula is C18H36NO+. The van der Waals surface area contributed by atoms with Crippen LogP contribution in [0.4, 0.5) is 0 Å². The van der Waals surface area contributed by atoms with E-state index in [2.05, 4.69) is 13.8 Å². The number of quaternary nitrogens is 1. The molecule has 2 atom stereocenters. The third-order valence-corrected chi connectivity index (χ3v) is 5.25. The van der Waals surface area contributed by atoms with Crippen molar-refractivity contribution in [3.8, 4) is 0 Å². The topological polar surface area (TPSA) is 13.7 Å². The number of hydrogen-bond donors (Lipinski definition) is 1. The third-order valence-electron chi connectivity index (χ3n) is 5.25. The van der Waals surface area contributed by atoms with Crippen molar-refractivity contribution in [2.24, 2.45) is 0 Å². The molecule has 2 unspecified atom stereocenters. The van der Waals surface area contributed by atoms with Crippen molar-refractivity contribution in [2.75, 3.05) is 13.1 Å². The second-order valence-electron chi connectivity index (χ2n) is 7.28. The molecule has 1 N–H and O–H groups in total. The van der Waals surface area contributed by atoms with Gasteiger partial charge in [0, 0.05) is 0 Å². The van der Waals surface area contributed by atoms with Crippen LogP contribution in [0, 0.1) is 0 Å². The average molecular weight is 282 g/mol. The molecule has 1 aliphatic heterocycles. The van der Waals surface area contributed by atoms with Crippen molar-refractivity contribution < 1.29 is 9.64 Å². The summed E-state index contributed by atoms with van der Waals surface area (Å²) in [6, 6.07) is 0.906. The molecule has 1 saturated heterocycles. The zero-order valence-electron chi connectivity index (χ0n) is 13.8. The predicted molar refractivity (Wildman–Crippen MR) is 85.3 cm³/mol. The second-order valence-corrected chi connectivity index (χ2v) is 7.28. The summed E-state index contributed by atoms with van der Waals surface area (Å²) in [5.74, 6) is 0. The van der Waals surface area contributed by atoms with Crippen LogP contribution < -0.4 is 4.90 Å². The molecule has 20 heavy (non-hydrogen) atoms. The molecule has 0 radical (unpaired) electrons. The minimum absolute atomic E-state index is 0.454. The van der Waals surface area contributed by atoms with Gasteiger partial charge in [-0.1, -0.05) is 44.9 Å². The van der Waals surface area contributed by atoms with E-state index in [4.69, 9.17) is 4.74 Å². The van der Waals surface area contributed by atoms with Crippen LogP contribution >= 0.6 is 0 Å². The Morgan fingerprint density at radius 3 is 1.50 bits per heavy atom. The van der Waals surface area contributed by atoms with Crippen LogP contribution in [0.5, 0.6) is 0 Å². The number of nitrogens with one attached hydrogen (secondary N) is 1. The molecule has 0 amide bonds. The molecule has 1 heterocycles. The van der Waals surface area contributed by atoms with E-state index in [0.717, 1.165) is 6.04 Å². The Morgan fingerprint density at radius 1 is 0.650 bits per heavy atom. The molecule has 2 aliphatic rings. The first-order valence-electron chi connectivity index (χ1n) is 9.25. The first-order chi connectivity index (χ1) is 9.75. The Labute approximate surface area is 126 Å². The zero-order chi connectivity index (χ0) is 14.2. The van der Waals surface area contributed by atoms with Gasteiger partial charge >= 0.3 is 0 Å². The van der Waals surface area contributed by atoms with Crippen LogP contribution in [0.15, 0.2) is 0 Å². The van der Waals surface area contributed by atoms with E-state index in [0.29, 0.717) is 12.2 Å². The fraction of sp³-hybridized carbons (Fsp3) is 1.00. The average Bonchev–Trinajstić information content (AvgIpc) is 2.38. The van der Waals surface area contributed by atoms with E-state index in [1.54, 1.807) is 0 Å². The summed E-state index contributed by atoms with van der Waals surface area (Å²) in [4.78, 5) is 1.84. The lowest BCUT2D eigenvalue weighted by atomic mass is 9.96. The van der Waals surface area contributed by atoms with E-state index in [1.807, 2.05) is 4.90 Å². The van der Waals surface area contributed by atoms with Gasteiger partial charge in [-0.05, 0) is 39.5 Å². The summed E-state index contributed by atoms with van der Waals surface area (Å²) in [6.07, 6.45) is 17.0. The molecule has 118 valence electrons. The Morgan fingerprint density at radius 2 is 1.05 bits per heavy atom. The van der Waals surface area contributed by atoms with Gasteiger partial charge in [0.05, 0.1) is 6.04 Å². The minimum Gasteiger partial charge on any atom is -0.364 e. The van der Waals surface area contributed by atoms with Gasteiger partial charge in [-0.25, -0.2) is 0 Å². The normalized spacial score (nSPS) is 36.0. The van der Waals surface area contributed by atoms with Crippen molar-refractivity contribution in [1.29, 1.82) is 0 Å². The number of rotatable bonds is 1. The summed E-state index contributed by atoms with van der Waals surface area (Å²) < 4.78 is 5.92. The summed E-state index contributed by atoms with van der Waals surface area (Å²) in [5, 5.41) is 0. The molecule has 0 spiro atoms. The maximum absolute atomic E-state index is 5.92. The summed E-state index contributed by atoms with van der Waals surface area (Å²) in [6.45, 7) is 6.97. The van der Waals surface area contributed by atoms with Crippen molar-refractivity contribution in [3.63, 3.8) is 0 Å². The minimum atomic E-state index is 0.454. The Balaban J connectivity index is 1.84. The molecular weight excluding hydrogens is 246 g/mol. The quantitative estimate of drug-likeness (QED) is 0.778. The van der Waals surface area contributed by atoms with Gasteiger partial charge < -0.3 is 9.64 Å². The van der Waals surface area contributed by atoms with E-state index in [-0.39, 0.29) is 0 Å². The summed E-state index contributed by atoms with van der Waals surface area (Å²) in [5.41, 5.74) is 0. The Kier molecular flexibility index (Phi) is 7.37. The molecule has 0 aromatic rings. The van der Waals surface area contributed by atoms with Crippen LogP contribution in [0.25, 0.3) is 0 Å². The van der Waals surface area contributed by atoms with Crippen LogP contribution in [0.1, 0.15) is 84.5 Å². The van der Waals surface area contributed by atoms with Gasteiger partial charge in [-0.2, -0.15) is 0 Å². The van der Waals surface area contributed by atoms with E-state index < -0.39 is 0 Å². The van der Waals surface area contributed by atoms with Crippen LogP contribution in [-0.2, 0) is 4.74 Å². The molecule has 2 rings (SSSR count). The molecule has 2 heteroatoms. The second kappa shape index (κ2) is 9.04. The monoisotopic (exact) mass is 282 g/mol. The van der Waals surface area contributed by atoms with Crippen molar-refractivity contribution in [3.05, 3.63) is 0 Å². The van der Waals surface area contributed by atoms with Crippen molar-refractivity contribution in [1.82, 2.24) is 0 Å². The lowest BCUT2D eigenvalue weighted by Gasteiger charge is -2.37. The van der Waals surface area contributed by atoms with Crippen molar-refractivity contribution in [2.45, 2.75) is 103 Å². The van der Waals surface area contributed by atoms with Gasteiger partial charge in [-0.15, -0.1) is 0 Å². The lowest BCUT2D eigenvalue weighted by Crippen LogP contribution is -3.18. The Hall–Kier alpha value is -0.0800. The van der Waals surface area contributed by atoms with Crippen molar-refractivity contribution >= 4 is 0 Å². The number of hydrogen-bond acceptors (Lipinski definition) is 1. The maximum atomic E-state index is 5.92. The third kappa shape index (κ3) is 5.73. The van der Waals surface area contributed by atoms with E-state index in [9.17, 15) is 0 Å². The van der Waals surface area contributed by atoms with Gasteiger partial charge in [0.2, 0.25) is 0 Å². The van der Waals surface area contributed by atoms with E-state index >= 15 is 0 Å². The highest BCUT2D eigenvalue weighted by atomic mass is 16.5. The smallest absolute Gasteiger partial charge is 0.104 e. The van der Waals surface area contributed by atoms with Gasteiger partial charge in [-0.3, -0.25) is 0 Å². The van der Waals surface area contributed by atoms with Crippen LogP contribution in [0.3, 0.4) is 0 Å². The first kappa shape index (κ1) is 16.3. The van der Waals surface area contributed by atoms with E-state index in [1.165, 1.54) is 83.7 Å². The highest BCUT2D eigenvalue weighted by Crippen LogP contribution is 2.16. The first-order valence-corrected chi connectivity index (χ1v) is 9.25. The largest absolute Gasteiger partial charge is 0.364 e. The fourth-order valence-corrected chi connectivity index (χ4v) is 4.22. The Bertz CT molecular complexity index is 234. The summed E-state index contributed by atoms with van der Waals surface area (Å²) in [7, 11) is 0. The number of ether oxygens (including phenoxy) is 1. The van der Waals surface area contributed by atoms with Gasteiger partial charge in [0.1, 0.15) is 25.3 Å². The number of morpholine rings is 1. The molecule has 0 bridgehead atoms. The highest BCUT2D eigenvalue weighted by Gasteiger charge is 2.30. The molecule has 2 fully saturated rings. The predicted octanol–water partition coefficient (Wildman–Crippen LogP) is 3.35. The SMILES string of the molecule is CC1C[NH+](C2CCCCCCCCCCC2)CC(C)O1. The fourth-order valence-electron chi connectivity index (χ4n) is 4.22. The lowest BCUT2D eigenvalue weighted by molar-refractivity contribution is -0.940. The van der Waals surface area contributed by atoms with Gasteiger partial charge in [0.15, 0.2) is 0 Å². The molecule has 1 saturated carbocycles. The molecule has 1 aliphatic carbocycles. The van der Waals surface area contributed by atoms with Crippen LogP contribution in [0.2, 0.25) is 0 Å². The van der Waals surface area contributed by atoms with Crippen LogP contribution in [-0.4, -0.2) is 31.3 Å². The van der Waals surface area contributed by atoms with Gasteiger partial charge in [0.25, 0.3) is 0 Å².